The van der Waals surface area contributed by atoms with E-state index < -0.39 is 0 Å². The molecule has 0 fully saturated rings. The Kier molecular flexibility index (Phi) is 5.54. The molecule has 1 amide bonds. The van der Waals surface area contributed by atoms with Gasteiger partial charge >= 0.3 is 0 Å². The smallest absolute Gasteiger partial charge is 0.226 e. The molecule has 0 saturated heterocycles. The SMILES string of the molecule is Cc1cccc(-c2n[nH]c(=S)n2CCC(=O)Nc2ccc(C)c(Cl)c2)c1. The zero-order chi connectivity index (χ0) is 18.7. The Morgan fingerprint density at radius 2 is 2.08 bits per heavy atom. The molecule has 26 heavy (non-hydrogen) atoms. The highest BCUT2D eigenvalue weighted by atomic mass is 35.5. The molecule has 0 spiro atoms. The number of aromatic amines is 1. The number of benzene rings is 2. The van der Waals surface area contributed by atoms with Gasteiger partial charge in [-0.3, -0.25) is 14.5 Å². The first-order valence-corrected chi connectivity index (χ1v) is 9.01. The van der Waals surface area contributed by atoms with E-state index in [9.17, 15) is 4.79 Å². The van der Waals surface area contributed by atoms with Gasteiger partial charge in [-0.15, -0.1) is 0 Å². The Labute approximate surface area is 162 Å². The lowest BCUT2D eigenvalue weighted by Crippen LogP contribution is -2.15. The van der Waals surface area contributed by atoms with Crippen LogP contribution >= 0.6 is 23.8 Å². The second-order valence-electron chi connectivity index (χ2n) is 6.14. The van der Waals surface area contributed by atoms with E-state index in [0.717, 1.165) is 22.5 Å². The second-order valence-corrected chi connectivity index (χ2v) is 6.93. The van der Waals surface area contributed by atoms with E-state index in [2.05, 4.69) is 15.5 Å². The molecular weight excluding hydrogens is 368 g/mol. The zero-order valence-corrected chi connectivity index (χ0v) is 16.1. The van der Waals surface area contributed by atoms with Crippen LogP contribution in [-0.2, 0) is 11.3 Å². The normalized spacial score (nSPS) is 10.7. The average Bonchev–Trinajstić information content (AvgIpc) is 2.97. The largest absolute Gasteiger partial charge is 0.326 e. The summed E-state index contributed by atoms with van der Waals surface area (Å²) in [5.41, 5.74) is 3.75. The van der Waals surface area contributed by atoms with Gasteiger partial charge in [0, 0.05) is 29.2 Å². The minimum Gasteiger partial charge on any atom is -0.326 e. The number of nitrogens with one attached hydrogen (secondary N) is 2. The fourth-order valence-electron chi connectivity index (χ4n) is 2.64. The number of carbonyl (C=O) groups excluding carboxylic acids is 1. The molecule has 0 aliphatic heterocycles. The molecule has 7 heteroatoms. The van der Waals surface area contributed by atoms with Crippen LogP contribution in [-0.4, -0.2) is 20.7 Å². The maximum atomic E-state index is 12.3. The van der Waals surface area contributed by atoms with Crippen molar-refractivity contribution in [3.63, 3.8) is 0 Å². The summed E-state index contributed by atoms with van der Waals surface area (Å²) in [5, 5.41) is 10.6. The predicted octanol–water partition coefficient (Wildman–Crippen LogP) is 4.91. The van der Waals surface area contributed by atoms with Gasteiger partial charge in [-0.05, 0) is 49.8 Å². The Morgan fingerprint density at radius 3 is 2.81 bits per heavy atom. The van der Waals surface area contributed by atoms with Gasteiger partial charge in [0.1, 0.15) is 0 Å². The standard InChI is InChI=1S/C19H19ClN4OS/c1-12-4-3-5-14(10-12)18-22-23-19(26)24(18)9-8-17(25)21-15-7-6-13(2)16(20)11-15/h3-7,10-11H,8-9H2,1-2H3,(H,21,25)(H,23,26). The van der Waals surface area contributed by atoms with Gasteiger partial charge in [-0.2, -0.15) is 5.10 Å². The number of halogens is 1. The van der Waals surface area contributed by atoms with Crippen LogP contribution < -0.4 is 5.32 Å². The predicted molar refractivity (Wildman–Crippen MR) is 107 cm³/mol. The highest BCUT2D eigenvalue weighted by Crippen LogP contribution is 2.21. The molecule has 1 aromatic heterocycles. The summed E-state index contributed by atoms with van der Waals surface area (Å²) in [6.45, 7) is 4.38. The fraction of sp³-hybridized carbons (Fsp3) is 0.211. The molecule has 0 atom stereocenters. The van der Waals surface area contributed by atoms with Crippen LogP contribution in [0.2, 0.25) is 5.02 Å². The maximum Gasteiger partial charge on any atom is 0.226 e. The summed E-state index contributed by atoms with van der Waals surface area (Å²) in [6.07, 6.45) is 0.276. The van der Waals surface area contributed by atoms with E-state index in [4.69, 9.17) is 23.8 Å². The van der Waals surface area contributed by atoms with Crippen LogP contribution in [0.15, 0.2) is 42.5 Å². The number of amides is 1. The third-order valence-electron chi connectivity index (χ3n) is 4.05. The quantitative estimate of drug-likeness (QED) is 0.612. The van der Waals surface area contributed by atoms with Gasteiger partial charge in [0.25, 0.3) is 0 Å². The van der Waals surface area contributed by atoms with Crippen molar-refractivity contribution in [1.29, 1.82) is 0 Å². The van der Waals surface area contributed by atoms with Crippen LogP contribution in [0, 0.1) is 18.6 Å². The van der Waals surface area contributed by atoms with E-state index >= 15 is 0 Å². The topological polar surface area (TPSA) is 62.7 Å². The molecule has 1 heterocycles. The summed E-state index contributed by atoms with van der Waals surface area (Å²) < 4.78 is 2.33. The van der Waals surface area contributed by atoms with Crippen LogP contribution in [0.4, 0.5) is 5.69 Å². The summed E-state index contributed by atoms with van der Waals surface area (Å²) >= 11 is 11.4. The van der Waals surface area contributed by atoms with E-state index in [-0.39, 0.29) is 12.3 Å². The monoisotopic (exact) mass is 386 g/mol. The number of carbonyl (C=O) groups is 1. The average molecular weight is 387 g/mol. The molecule has 0 aliphatic rings. The Morgan fingerprint density at radius 1 is 1.27 bits per heavy atom. The summed E-state index contributed by atoms with van der Waals surface area (Å²) in [5.74, 6) is 0.619. The summed E-state index contributed by atoms with van der Waals surface area (Å²) in [6, 6.07) is 13.5. The molecule has 134 valence electrons. The number of hydrogen-bond donors (Lipinski definition) is 2. The lowest BCUT2D eigenvalue weighted by molar-refractivity contribution is -0.116. The van der Waals surface area contributed by atoms with Gasteiger partial charge < -0.3 is 5.32 Å². The molecule has 2 N–H and O–H groups in total. The first-order valence-electron chi connectivity index (χ1n) is 8.22. The highest BCUT2D eigenvalue weighted by molar-refractivity contribution is 7.71. The minimum atomic E-state index is -0.108. The van der Waals surface area contributed by atoms with Crippen molar-refractivity contribution in [3.05, 3.63) is 63.4 Å². The van der Waals surface area contributed by atoms with E-state index in [1.54, 1.807) is 6.07 Å². The van der Waals surface area contributed by atoms with Crippen molar-refractivity contribution in [2.45, 2.75) is 26.8 Å². The number of anilines is 1. The number of nitrogens with zero attached hydrogens (tertiary/aromatic N) is 2. The van der Waals surface area contributed by atoms with E-state index in [1.807, 2.05) is 54.8 Å². The van der Waals surface area contributed by atoms with E-state index in [1.165, 1.54) is 0 Å². The van der Waals surface area contributed by atoms with Crippen molar-refractivity contribution >= 4 is 35.4 Å². The van der Waals surface area contributed by atoms with Crippen molar-refractivity contribution in [2.75, 3.05) is 5.32 Å². The van der Waals surface area contributed by atoms with Gasteiger partial charge in [-0.25, -0.2) is 0 Å². The van der Waals surface area contributed by atoms with Gasteiger partial charge in [0.05, 0.1) is 0 Å². The molecule has 0 unspecified atom stereocenters. The van der Waals surface area contributed by atoms with Gasteiger partial charge in [-0.1, -0.05) is 41.4 Å². The molecular formula is C19H19ClN4OS. The summed E-state index contributed by atoms with van der Waals surface area (Å²) in [4.78, 5) is 12.3. The second kappa shape index (κ2) is 7.85. The number of aryl methyl sites for hydroxylation is 2. The van der Waals surface area contributed by atoms with Crippen LogP contribution in [0.3, 0.4) is 0 Å². The number of H-pyrrole nitrogens is 1. The molecule has 0 saturated carbocycles. The Bertz CT molecular complexity index is 1010. The van der Waals surface area contributed by atoms with Crippen molar-refractivity contribution in [1.82, 2.24) is 14.8 Å². The lowest BCUT2D eigenvalue weighted by Gasteiger charge is -2.09. The molecule has 3 rings (SSSR count). The van der Waals surface area contributed by atoms with Crippen LogP contribution in [0.1, 0.15) is 17.5 Å². The maximum absolute atomic E-state index is 12.3. The van der Waals surface area contributed by atoms with Crippen molar-refractivity contribution in [3.8, 4) is 11.4 Å². The molecule has 5 nitrogen and oxygen atoms in total. The minimum absolute atomic E-state index is 0.108. The van der Waals surface area contributed by atoms with Gasteiger partial charge in [0.2, 0.25) is 5.91 Å². The molecule has 0 radical (unpaired) electrons. The van der Waals surface area contributed by atoms with Crippen LogP contribution in [0.5, 0.6) is 0 Å². The van der Waals surface area contributed by atoms with E-state index in [0.29, 0.717) is 22.0 Å². The van der Waals surface area contributed by atoms with Crippen molar-refractivity contribution < 1.29 is 4.79 Å². The number of aromatic nitrogens is 3. The third-order valence-corrected chi connectivity index (χ3v) is 4.77. The Hall–Kier alpha value is -2.44. The first-order chi connectivity index (χ1) is 12.4. The summed E-state index contributed by atoms with van der Waals surface area (Å²) in [7, 11) is 0. The first kappa shape index (κ1) is 18.4. The van der Waals surface area contributed by atoms with Crippen molar-refractivity contribution in [2.24, 2.45) is 0 Å². The molecule has 3 aromatic rings. The number of hydrogen-bond acceptors (Lipinski definition) is 3. The number of rotatable bonds is 5. The molecule has 0 bridgehead atoms. The highest BCUT2D eigenvalue weighted by Gasteiger charge is 2.11. The zero-order valence-electron chi connectivity index (χ0n) is 14.5. The fourth-order valence-corrected chi connectivity index (χ4v) is 3.04. The molecule has 0 aliphatic carbocycles. The van der Waals surface area contributed by atoms with Crippen LogP contribution in [0.25, 0.3) is 11.4 Å². The molecule has 2 aromatic carbocycles. The third kappa shape index (κ3) is 4.20. The van der Waals surface area contributed by atoms with Gasteiger partial charge in [0.15, 0.2) is 10.6 Å². The Balaban J connectivity index is 1.72. The lowest BCUT2D eigenvalue weighted by atomic mass is 10.1.